The van der Waals surface area contributed by atoms with Crippen LogP contribution in [0.3, 0.4) is 0 Å². The first-order chi connectivity index (χ1) is 16.6. The standard InChI is InChI=1S/C27H32N2O6/c1-26(2,3)35-24(32)28-27(16-23(30)31)12-14-29(15-13-27)25(33)34-17-22-20-10-6-4-8-18(20)19-9-5-7-11-21(19)22/h4-11,22H,12-17H2,1-3H3,(H,28,32)(H,30,31). The van der Waals surface area contributed by atoms with Crippen LogP contribution in [0.15, 0.2) is 48.5 Å². The minimum Gasteiger partial charge on any atom is -0.481 e. The van der Waals surface area contributed by atoms with Crippen LogP contribution in [-0.2, 0) is 14.3 Å². The van der Waals surface area contributed by atoms with Crippen molar-refractivity contribution in [2.75, 3.05) is 19.7 Å². The molecule has 0 spiro atoms. The van der Waals surface area contributed by atoms with Gasteiger partial charge >= 0.3 is 18.2 Å². The van der Waals surface area contributed by atoms with Crippen LogP contribution in [0.5, 0.6) is 0 Å². The largest absolute Gasteiger partial charge is 0.481 e. The van der Waals surface area contributed by atoms with E-state index < -0.39 is 29.3 Å². The van der Waals surface area contributed by atoms with Gasteiger partial charge in [0, 0.05) is 19.0 Å². The Kier molecular flexibility index (Phi) is 6.74. The lowest BCUT2D eigenvalue weighted by atomic mass is 9.84. The molecule has 8 heteroatoms. The topological polar surface area (TPSA) is 105 Å². The van der Waals surface area contributed by atoms with E-state index in [-0.39, 0.29) is 32.0 Å². The van der Waals surface area contributed by atoms with Crippen LogP contribution < -0.4 is 5.32 Å². The number of carboxylic acid groups (broad SMARTS) is 1. The molecule has 1 fully saturated rings. The predicted octanol–water partition coefficient (Wildman–Crippen LogP) is 4.77. The Morgan fingerprint density at radius 1 is 1.00 bits per heavy atom. The number of amides is 2. The molecule has 2 amide bonds. The van der Waals surface area contributed by atoms with E-state index >= 15 is 0 Å². The Hall–Kier alpha value is -3.55. The predicted molar refractivity (Wildman–Crippen MR) is 130 cm³/mol. The number of hydrogen-bond acceptors (Lipinski definition) is 5. The molecule has 1 heterocycles. The van der Waals surface area contributed by atoms with Gasteiger partial charge in [-0.2, -0.15) is 0 Å². The van der Waals surface area contributed by atoms with Gasteiger partial charge in [0.1, 0.15) is 12.2 Å². The summed E-state index contributed by atoms with van der Waals surface area (Å²) in [5.74, 6) is -1.05. The highest BCUT2D eigenvalue weighted by molar-refractivity contribution is 5.79. The molecule has 0 atom stereocenters. The molecule has 1 saturated heterocycles. The molecule has 35 heavy (non-hydrogen) atoms. The number of hydrogen-bond donors (Lipinski definition) is 2. The first-order valence-electron chi connectivity index (χ1n) is 11.9. The second kappa shape index (κ2) is 9.60. The fourth-order valence-corrected chi connectivity index (χ4v) is 4.96. The Morgan fingerprint density at radius 3 is 2.06 bits per heavy atom. The number of likely N-dealkylation sites (tertiary alicyclic amines) is 1. The van der Waals surface area contributed by atoms with Crippen molar-refractivity contribution < 1.29 is 29.0 Å². The molecular formula is C27H32N2O6. The van der Waals surface area contributed by atoms with Gasteiger partial charge in [0.05, 0.1) is 12.0 Å². The number of carboxylic acids is 1. The number of rotatable bonds is 5. The van der Waals surface area contributed by atoms with Crippen LogP contribution in [-0.4, -0.2) is 59.0 Å². The summed E-state index contributed by atoms with van der Waals surface area (Å²) in [5.41, 5.74) is 2.93. The molecule has 186 valence electrons. The molecule has 2 N–H and O–H groups in total. The molecule has 2 aromatic carbocycles. The summed E-state index contributed by atoms with van der Waals surface area (Å²) in [6.45, 7) is 6.02. The van der Waals surface area contributed by atoms with Gasteiger partial charge in [0.15, 0.2) is 0 Å². The zero-order valence-corrected chi connectivity index (χ0v) is 20.4. The van der Waals surface area contributed by atoms with Gasteiger partial charge in [0.25, 0.3) is 0 Å². The van der Waals surface area contributed by atoms with Crippen molar-refractivity contribution >= 4 is 18.2 Å². The van der Waals surface area contributed by atoms with Crippen molar-refractivity contribution in [1.29, 1.82) is 0 Å². The zero-order valence-electron chi connectivity index (χ0n) is 20.4. The first kappa shape index (κ1) is 24.6. The molecule has 0 aromatic heterocycles. The quantitative estimate of drug-likeness (QED) is 0.639. The van der Waals surface area contributed by atoms with E-state index in [1.165, 1.54) is 0 Å². The maximum absolute atomic E-state index is 12.9. The molecular weight excluding hydrogens is 448 g/mol. The van der Waals surface area contributed by atoms with Gasteiger partial charge in [-0.25, -0.2) is 9.59 Å². The molecule has 0 bridgehead atoms. The Morgan fingerprint density at radius 2 is 1.54 bits per heavy atom. The van der Waals surface area contributed by atoms with Gasteiger partial charge in [-0.3, -0.25) is 4.79 Å². The van der Waals surface area contributed by atoms with Gasteiger partial charge in [-0.1, -0.05) is 48.5 Å². The lowest BCUT2D eigenvalue weighted by Crippen LogP contribution is -2.57. The molecule has 2 aromatic rings. The van der Waals surface area contributed by atoms with E-state index in [0.29, 0.717) is 12.8 Å². The number of piperidine rings is 1. The normalized spacial score (nSPS) is 16.7. The summed E-state index contributed by atoms with van der Waals surface area (Å²) in [6, 6.07) is 16.3. The van der Waals surface area contributed by atoms with Crippen LogP contribution in [0.25, 0.3) is 11.1 Å². The van der Waals surface area contributed by atoms with Crippen molar-refractivity contribution in [2.24, 2.45) is 0 Å². The monoisotopic (exact) mass is 480 g/mol. The minimum atomic E-state index is -1.02. The molecule has 8 nitrogen and oxygen atoms in total. The fraction of sp³-hybridized carbons (Fsp3) is 0.444. The maximum Gasteiger partial charge on any atom is 0.409 e. The second-order valence-corrected chi connectivity index (χ2v) is 10.3. The zero-order chi connectivity index (χ0) is 25.2. The number of nitrogens with zero attached hydrogens (tertiary/aromatic N) is 1. The molecule has 0 unspecified atom stereocenters. The van der Waals surface area contributed by atoms with E-state index in [9.17, 15) is 19.5 Å². The van der Waals surface area contributed by atoms with Crippen molar-refractivity contribution in [3.05, 3.63) is 59.7 Å². The Labute approximate surface area is 205 Å². The number of benzene rings is 2. The van der Waals surface area contributed by atoms with Crippen molar-refractivity contribution in [3.63, 3.8) is 0 Å². The number of fused-ring (bicyclic) bond motifs is 3. The second-order valence-electron chi connectivity index (χ2n) is 10.3. The van der Waals surface area contributed by atoms with Crippen molar-refractivity contribution in [2.45, 2.75) is 57.1 Å². The highest BCUT2D eigenvalue weighted by Crippen LogP contribution is 2.44. The highest BCUT2D eigenvalue weighted by Gasteiger charge is 2.41. The number of aliphatic carboxylic acids is 1. The van der Waals surface area contributed by atoms with Crippen LogP contribution in [0.2, 0.25) is 0 Å². The average molecular weight is 481 g/mol. The lowest BCUT2D eigenvalue weighted by molar-refractivity contribution is -0.139. The summed E-state index contributed by atoms with van der Waals surface area (Å²) in [7, 11) is 0. The average Bonchev–Trinajstić information content (AvgIpc) is 3.10. The third-order valence-electron chi connectivity index (χ3n) is 6.57. The van der Waals surface area contributed by atoms with Crippen LogP contribution in [0.4, 0.5) is 9.59 Å². The van der Waals surface area contributed by atoms with Gasteiger partial charge in [-0.05, 0) is 55.9 Å². The van der Waals surface area contributed by atoms with E-state index in [2.05, 4.69) is 29.6 Å². The van der Waals surface area contributed by atoms with Crippen LogP contribution in [0, 0.1) is 0 Å². The SMILES string of the molecule is CC(C)(C)OC(=O)NC1(CC(=O)O)CCN(C(=O)OCC2c3ccccc3-c3ccccc32)CC1. The van der Waals surface area contributed by atoms with Crippen LogP contribution >= 0.6 is 0 Å². The molecule has 0 saturated carbocycles. The maximum atomic E-state index is 12.9. The Bertz CT molecular complexity index is 1070. The number of carbonyl (C=O) groups is 3. The smallest absolute Gasteiger partial charge is 0.409 e. The molecule has 0 radical (unpaired) electrons. The summed E-state index contributed by atoms with van der Waals surface area (Å²) in [6.07, 6.45) is -0.752. The van der Waals surface area contributed by atoms with E-state index in [1.807, 2.05) is 24.3 Å². The lowest BCUT2D eigenvalue weighted by Gasteiger charge is -2.41. The third kappa shape index (κ3) is 5.58. The molecule has 1 aliphatic heterocycles. The summed E-state index contributed by atoms with van der Waals surface area (Å²) < 4.78 is 11.1. The number of ether oxygens (including phenoxy) is 2. The summed E-state index contributed by atoms with van der Waals surface area (Å²) in [5, 5.41) is 12.2. The minimum absolute atomic E-state index is 0.0314. The highest BCUT2D eigenvalue weighted by atomic mass is 16.6. The summed E-state index contributed by atoms with van der Waals surface area (Å²) in [4.78, 5) is 38.3. The van der Waals surface area contributed by atoms with E-state index in [4.69, 9.17) is 9.47 Å². The van der Waals surface area contributed by atoms with E-state index in [0.717, 1.165) is 22.3 Å². The molecule has 2 aliphatic rings. The molecule has 1 aliphatic carbocycles. The van der Waals surface area contributed by atoms with Crippen molar-refractivity contribution in [3.8, 4) is 11.1 Å². The Balaban J connectivity index is 1.38. The molecule has 4 rings (SSSR count). The number of nitrogens with one attached hydrogen (secondary N) is 1. The number of alkyl carbamates (subject to hydrolysis) is 1. The van der Waals surface area contributed by atoms with Crippen LogP contribution in [0.1, 0.15) is 57.1 Å². The number of carbonyl (C=O) groups excluding carboxylic acids is 2. The van der Waals surface area contributed by atoms with E-state index in [1.54, 1.807) is 25.7 Å². The summed E-state index contributed by atoms with van der Waals surface area (Å²) >= 11 is 0. The van der Waals surface area contributed by atoms with Gasteiger partial charge in [-0.15, -0.1) is 0 Å². The first-order valence-corrected chi connectivity index (χ1v) is 11.9. The fourth-order valence-electron chi connectivity index (χ4n) is 4.96. The van der Waals surface area contributed by atoms with Crippen molar-refractivity contribution in [1.82, 2.24) is 10.2 Å². The van der Waals surface area contributed by atoms with Gasteiger partial charge in [0.2, 0.25) is 0 Å². The third-order valence-corrected chi connectivity index (χ3v) is 6.57. The van der Waals surface area contributed by atoms with Gasteiger partial charge < -0.3 is 24.8 Å².